The van der Waals surface area contributed by atoms with Crippen molar-refractivity contribution >= 4 is 33.2 Å². The second-order valence-corrected chi connectivity index (χ2v) is 7.39. The number of hydrogen-bond acceptors (Lipinski definition) is 5. The van der Waals surface area contributed by atoms with Gasteiger partial charge in [-0.2, -0.15) is 4.31 Å². The summed E-state index contributed by atoms with van der Waals surface area (Å²) < 4.78 is 30.8. The second-order valence-electron chi connectivity index (χ2n) is 4.97. The van der Waals surface area contributed by atoms with Gasteiger partial charge in [0.25, 0.3) is 0 Å². The topological polar surface area (TPSA) is 92.5 Å². The minimum atomic E-state index is -3.86. The highest BCUT2D eigenvalue weighted by atomic mass is 35.5. The molecule has 124 valence electrons. The molecule has 1 N–H and O–H groups in total. The normalized spacial score (nSPS) is 11.7. The van der Waals surface area contributed by atoms with Gasteiger partial charge >= 0.3 is 0 Å². The average Bonchev–Trinajstić information content (AvgIpc) is 2.78. The van der Waals surface area contributed by atoms with Crippen LogP contribution >= 0.6 is 11.6 Å². The molecule has 1 aromatic carbocycles. The molecule has 0 bridgehead atoms. The molecule has 1 heterocycles. The number of benzene rings is 1. The van der Waals surface area contributed by atoms with Gasteiger partial charge < -0.3 is 9.84 Å². The van der Waals surface area contributed by atoms with Crippen LogP contribution in [0.2, 0.25) is 5.02 Å². The lowest BCUT2D eigenvalue weighted by molar-refractivity contribution is -0.116. The van der Waals surface area contributed by atoms with Crippen LogP contribution in [0.3, 0.4) is 0 Å². The fraction of sp³-hybridized carbons (Fsp3) is 0.286. The lowest BCUT2D eigenvalue weighted by Crippen LogP contribution is -2.35. The maximum absolute atomic E-state index is 12.5. The number of aryl methyl sites for hydroxylation is 2. The predicted octanol–water partition coefficient (Wildman–Crippen LogP) is 2.20. The largest absolute Gasteiger partial charge is 0.360 e. The zero-order valence-electron chi connectivity index (χ0n) is 12.8. The van der Waals surface area contributed by atoms with Gasteiger partial charge in [0, 0.05) is 17.8 Å². The molecule has 0 fully saturated rings. The number of aromatic nitrogens is 1. The summed E-state index contributed by atoms with van der Waals surface area (Å²) in [6.45, 7) is 2.69. The van der Waals surface area contributed by atoms with Crippen molar-refractivity contribution in [2.45, 2.75) is 18.7 Å². The van der Waals surface area contributed by atoms with Crippen LogP contribution in [0.15, 0.2) is 33.7 Å². The minimum Gasteiger partial charge on any atom is -0.360 e. The number of nitrogens with one attached hydrogen (secondary N) is 1. The summed E-state index contributed by atoms with van der Waals surface area (Å²) in [5.41, 5.74) is 0.746. The molecule has 0 unspecified atom stereocenters. The minimum absolute atomic E-state index is 0.0180. The first kappa shape index (κ1) is 17.5. The third-order valence-electron chi connectivity index (χ3n) is 3.11. The first-order valence-corrected chi connectivity index (χ1v) is 8.48. The van der Waals surface area contributed by atoms with E-state index in [9.17, 15) is 13.2 Å². The van der Waals surface area contributed by atoms with E-state index in [0.717, 1.165) is 4.31 Å². The van der Waals surface area contributed by atoms with Crippen molar-refractivity contribution in [3.8, 4) is 0 Å². The first-order valence-electron chi connectivity index (χ1n) is 6.66. The number of likely N-dealkylation sites (N-methyl/N-ethyl adjacent to an activating group) is 1. The van der Waals surface area contributed by atoms with Gasteiger partial charge in [0.05, 0.1) is 6.54 Å². The van der Waals surface area contributed by atoms with Gasteiger partial charge in [-0.05, 0) is 32.0 Å². The Labute approximate surface area is 139 Å². The lowest BCUT2D eigenvalue weighted by atomic mass is 10.3. The molecule has 1 amide bonds. The number of anilines is 1. The van der Waals surface area contributed by atoms with Crippen LogP contribution in [-0.2, 0) is 14.8 Å². The van der Waals surface area contributed by atoms with Crippen LogP contribution in [0, 0.1) is 13.8 Å². The van der Waals surface area contributed by atoms with E-state index in [1.54, 1.807) is 24.3 Å². The predicted molar refractivity (Wildman–Crippen MR) is 85.9 cm³/mol. The van der Waals surface area contributed by atoms with Crippen molar-refractivity contribution in [2.24, 2.45) is 0 Å². The number of sulfonamides is 1. The molecule has 0 atom stereocenters. The summed E-state index contributed by atoms with van der Waals surface area (Å²) in [6, 6.07) is 6.59. The third-order valence-corrected chi connectivity index (χ3v) is 5.39. The molecule has 0 saturated carbocycles. The molecule has 0 aliphatic rings. The smallest absolute Gasteiger partial charge is 0.248 e. The molecule has 0 spiro atoms. The Bertz CT molecular complexity index is 813. The molecular formula is C14H16ClN3O4S. The van der Waals surface area contributed by atoms with Gasteiger partial charge in [-0.15, -0.1) is 0 Å². The number of rotatable bonds is 5. The van der Waals surface area contributed by atoms with Crippen LogP contribution in [0.25, 0.3) is 0 Å². The Hall–Kier alpha value is -1.90. The number of hydrogen-bond donors (Lipinski definition) is 1. The van der Waals surface area contributed by atoms with Crippen molar-refractivity contribution in [1.82, 2.24) is 9.46 Å². The van der Waals surface area contributed by atoms with E-state index in [-0.39, 0.29) is 22.9 Å². The van der Waals surface area contributed by atoms with E-state index in [1.807, 2.05) is 0 Å². The highest BCUT2D eigenvalue weighted by Crippen LogP contribution is 2.22. The number of amides is 1. The zero-order chi connectivity index (χ0) is 17.2. The maximum Gasteiger partial charge on any atom is 0.248 e. The highest BCUT2D eigenvalue weighted by molar-refractivity contribution is 7.89. The monoisotopic (exact) mass is 357 g/mol. The number of halogens is 1. The van der Waals surface area contributed by atoms with E-state index in [1.165, 1.54) is 20.9 Å². The third kappa shape index (κ3) is 3.90. The van der Waals surface area contributed by atoms with E-state index in [0.29, 0.717) is 10.7 Å². The fourth-order valence-corrected chi connectivity index (χ4v) is 3.65. The van der Waals surface area contributed by atoms with Crippen molar-refractivity contribution in [1.29, 1.82) is 0 Å². The molecule has 1 aromatic heterocycles. The molecule has 0 aliphatic heterocycles. The summed E-state index contributed by atoms with van der Waals surface area (Å²) in [5, 5.41) is 6.69. The number of carbonyl (C=O) groups excluding carboxylic acids is 1. The van der Waals surface area contributed by atoms with Crippen LogP contribution in [0.5, 0.6) is 0 Å². The van der Waals surface area contributed by atoms with Gasteiger partial charge in [-0.25, -0.2) is 8.42 Å². The Morgan fingerprint density at radius 3 is 2.65 bits per heavy atom. The summed E-state index contributed by atoms with van der Waals surface area (Å²) in [4.78, 5) is 12.0. The van der Waals surface area contributed by atoms with Crippen LogP contribution < -0.4 is 5.32 Å². The molecule has 2 rings (SSSR count). The Morgan fingerprint density at radius 2 is 2.09 bits per heavy atom. The quantitative estimate of drug-likeness (QED) is 0.885. The summed E-state index contributed by atoms with van der Waals surface area (Å²) in [6.07, 6.45) is 0. The van der Waals surface area contributed by atoms with E-state index >= 15 is 0 Å². The standard InChI is InChI=1S/C14H16ClN3O4S/c1-9-14(10(2)22-17-9)23(20,21)18(3)8-13(19)16-12-6-4-5-11(15)7-12/h4-7H,8H2,1-3H3,(H,16,19). The molecule has 23 heavy (non-hydrogen) atoms. The van der Waals surface area contributed by atoms with Crippen LogP contribution in [0.4, 0.5) is 5.69 Å². The second kappa shape index (κ2) is 6.69. The van der Waals surface area contributed by atoms with Crippen molar-refractivity contribution in [3.63, 3.8) is 0 Å². The SMILES string of the molecule is Cc1noc(C)c1S(=O)(=O)N(C)CC(=O)Nc1cccc(Cl)c1. The molecule has 0 radical (unpaired) electrons. The van der Waals surface area contributed by atoms with Crippen molar-refractivity contribution < 1.29 is 17.7 Å². The van der Waals surface area contributed by atoms with Gasteiger partial charge in [-0.1, -0.05) is 22.8 Å². The Kier molecular flexibility index (Phi) is 5.08. The summed E-state index contributed by atoms with van der Waals surface area (Å²) in [7, 11) is -2.54. The fourth-order valence-electron chi connectivity index (χ4n) is 2.05. The average molecular weight is 358 g/mol. The van der Waals surface area contributed by atoms with Gasteiger partial charge in [0.1, 0.15) is 10.6 Å². The van der Waals surface area contributed by atoms with Crippen molar-refractivity contribution in [2.75, 3.05) is 18.9 Å². The lowest BCUT2D eigenvalue weighted by Gasteiger charge is -2.16. The summed E-state index contributed by atoms with van der Waals surface area (Å²) >= 11 is 5.83. The van der Waals surface area contributed by atoms with Crippen LogP contribution in [0.1, 0.15) is 11.5 Å². The van der Waals surface area contributed by atoms with E-state index in [4.69, 9.17) is 16.1 Å². The molecule has 7 nitrogen and oxygen atoms in total. The Morgan fingerprint density at radius 1 is 1.39 bits per heavy atom. The molecule has 2 aromatic rings. The maximum atomic E-state index is 12.5. The molecule has 0 aliphatic carbocycles. The van der Waals surface area contributed by atoms with Gasteiger partial charge in [-0.3, -0.25) is 4.79 Å². The summed E-state index contributed by atoms with van der Waals surface area (Å²) in [5.74, 6) is -0.297. The number of carbonyl (C=O) groups is 1. The molecule has 9 heteroatoms. The van der Waals surface area contributed by atoms with Gasteiger partial charge in [0.15, 0.2) is 5.76 Å². The Balaban J connectivity index is 2.12. The van der Waals surface area contributed by atoms with Crippen molar-refractivity contribution in [3.05, 3.63) is 40.7 Å². The van der Waals surface area contributed by atoms with Gasteiger partial charge in [0.2, 0.25) is 15.9 Å². The van der Waals surface area contributed by atoms with E-state index in [2.05, 4.69) is 10.5 Å². The molecular weight excluding hydrogens is 342 g/mol. The number of nitrogens with zero attached hydrogens (tertiary/aromatic N) is 2. The first-order chi connectivity index (χ1) is 10.7. The van der Waals surface area contributed by atoms with Crippen LogP contribution in [-0.4, -0.2) is 37.4 Å². The van der Waals surface area contributed by atoms with E-state index < -0.39 is 15.9 Å². The molecule has 0 saturated heterocycles. The highest BCUT2D eigenvalue weighted by Gasteiger charge is 2.29. The zero-order valence-corrected chi connectivity index (χ0v) is 14.4.